The molecule has 2 aromatic carbocycles. The van der Waals surface area contributed by atoms with Gasteiger partial charge in [0, 0.05) is 47.3 Å². The molecule has 3 aliphatic rings. The maximum absolute atomic E-state index is 15.2. The maximum atomic E-state index is 15.2. The highest BCUT2D eigenvalue weighted by Gasteiger charge is 2.66. The van der Waals surface area contributed by atoms with Crippen LogP contribution in [-0.2, 0) is 26.5 Å². The number of aliphatic hydroxyl groups is 1. The van der Waals surface area contributed by atoms with E-state index in [1.165, 1.54) is 23.4 Å². The summed E-state index contributed by atoms with van der Waals surface area (Å²) in [6.07, 6.45) is 3.92. The summed E-state index contributed by atoms with van der Waals surface area (Å²) in [5.74, 6) is -0.754. The Kier molecular flexibility index (Phi) is 9.89. The van der Waals surface area contributed by atoms with E-state index in [2.05, 4.69) is 0 Å². The van der Waals surface area contributed by atoms with Crippen molar-refractivity contribution in [2.24, 2.45) is 5.92 Å². The van der Waals surface area contributed by atoms with Crippen molar-refractivity contribution in [2.45, 2.75) is 69.1 Å². The molecule has 2 N–H and O–H groups in total. The van der Waals surface area contributed by atoms with Crippen LogP contribution in [0.3, 0.4) is 0 Å². The first-order valence-corrected chi connectivity index (χ1v) is 21.2. The fourth-order valence-corrected chi connectivity index (χ4v) is 11.4. The average molecular weight is 755 g/mol. The van der Waals surface area contributed by atoms with Crippen molar-refractivity contribution in [3.05, 3.63) is 111 Å². The zero-order chi connectivity index (χ0) is 38.5. The van der Waals surface area contributed by atoms with E-state index >= 15 is 4.79 Å². The van der Waals surface area contributed by atoms with Crippen molar-refractivity contribution in [3.63, 3.8) is 0 Å². The summed E-state index contributed by atoms with van der Waals surface area (Å²) >= 11 is 0. The van der Waals surface area contributed by atoms with E-state index in [1.807, 2.05) is 25.1 Å². The Morgan fingerprint density at radius 1 is 0.926 bits per heavy atom. The molecule has 54 heavy (non-hydrogen) atoms. The molecule has 7 rings (SSSR count). The van der Waals surface area contributed by atoms with Crippen LogP contribution in [-0.4, -0.2) is 83.6 Å². The minimum atomic E-state index is -3.11. The Balaban J connectivity index is 1.34. The van der Waals surface area contributed by atoms with Gasteiger partial charge in [0.05, 0.1) is 51.6 Å². The number of likely N-dealkylation sites (tertiary alicyclic amines) is 1. The molecule has 3 aliphatic heterocycles. The predicted octanol–water partition coefficient (Wildman–Crippen LogP) is 3.72. The van der Waals surface area contributed by atoms with Gasteiger partial charge in [0.2, 0.25) is 5.91 Å². The van der Waals surface area contributed by atoms with Gasteiger partial charge in [-0.3, -0.25) is 28.3 Å². The molecule has 2 fully saturated rings. The molecule has 14 heteroatoms. The molecule has 2 saturated heterocycles. The maximum Gasteiger partial charge on any atom is 0.297 e. The van der Waals surface area contributed by atoms with Gasteiger partial charge in [-0.05, 0) is 86.1 Å². The lowest BCUT2D eigenvalue weighted by Crippen LogP contribution is -2.46. The fraction of sp³-hybridized carbons (Fsp3) is 0.400. The normalized spacial score (nSPS) is 23.6. The molecule has 5 atom stereocenters. The molecule has 284 valence electrons. The number of carbonyl (C=O) groups excluding carboxylic acids is 2. The number of amides is 2. The number of pyridine rings is 2. The van der Waals surface area contributed by atoms with Gasteiger partial charge < -0.3 is 33.9 Å². The summed E-state index contributed by atoms with van der Waals surface area (Å²) in [5, 5.41) is 9.96. The number of methoxy groups -OCH3 is 2. The molecule has 0 radical (unpaired) electrons. The number of fused-ring (bicyclic) bond motifs is 2. The van der Waals surface area contributed by atoms with Crippen LogP contribution in [0, 0.1) is 5.92 Å². The van der Waals surface area contributed by atoms with Crippen LogP contribution < -0.4 is 25.5 Å². The van der Waals surface area contributed by atoms with Crippen molar-refractivity contribution < 1.29 is 33.7 Å². The van der Waals surface area contributed by atoms with Crippen molar-refractivity contribution in [1.29, 1.82) is 0 Å². The summed E-state index contributed by atoms with van der Waals surface area (Å²) in [5.41, 5.74) is 0.0922. The Morgan fingerprint density at radius 3 is 2.19 bits per heavy atom. The van der Waals surface area contributed by atoms with Crippen LogP contribution in [0.5, 0.6) is 11.5 Å². The van der Waals surface area contributed by atoms with Gasteiger partial charge in [0.25, 0.3) is 17.0 Å². The average Bonchev–Trinajstić information content (AvgIpc) is 3.82. The standard InChI is InChI=1S/C40H46N4O9Si/c1-25-36(54(4,5)50)34(22-35(46)41-17-7-12-29(41)24-45)53-40(25)30-21-28(43-19-9-14-33(52-3)38(43)48)15-16-31(30)44(39(40)49)23-26-10-6-11-27(20-26)42-18-8-13-32(51-2)37(42)47/h6,8-11,13-16,18-21,25,29,34,36,45,50H,7,12,17,22-24H2,1-5H3/t25-,29-,34+,36-,40+/m0/s1. The fourth-order valence-electron chi connectivity index (χ4n) is 8.87. The van der Waals surface area contributed by atoms with Crippen molar-refractivity contribution in [2.75, 3.05) is 32.3 Å². The number of carbonyl (C=O) groups is 2. The third-order valence-corrected chi connectivity index (χ3v) is 13.8. The molecule has 5 heterocycles. The number of aromatic nitrogens is 2. The number of aliphatic hydroxyl groups excluding tert-OH is 1. The smallest absolute Gasteiger partial charge is 0.297 e. The predicted molar refractivity (Wildman–Crippen MR) is 204 cm³/mol. The van der Waals surface area contributed by atoms with Gasteiger partial charge >= 0.3 is 0 Å². The summed E-state index contributed by atoms with van der Waals surface area (Å²) in [4.78, 5) is 70.7. The Labute approximate surface area is 314 Å². The van der Waals surface area contributed by atoms with Crippen molar-refractivity contribution >= 4 is 25.8 Å². The lowest BCUT2D eigenvalue weighted by Gasteiger charge is -2.33. The van der Waals surface area contributed by atoms with Crippen LogP contribution in [0.15, 0.2) is 88.7 Å². The number of benzene rings is 2. The molecule has 2 aromatic heterocycles. The van der Waals surface area contributed by atoms with Gasteiger partial charge in [-0.25, -0.2) is 0 Å². The number of rotatable bonds is 10. The van der Waals surface area contributed by atoms with Crippen LogP contribution in [0.2, 0.25) is 18.6 Å². The van der Waals surface area contributed by atoms with Crippen molar-refractivity contribution in [3.8, 4) is 22.9 Å². The molecule has 2 amide bonds. The van der Waals surface area contributed by atoms with E-state index in [0.29, 0.717) is 35.6 Å². The lowest BCUT2D eigenvalue weighted by molar-refractivity contribution is -0.150. The van der Waals surface area contributed by atoms with E-state index in [-0.39, 0.29) is 60.0 Å². The minimum Gasteiger partial charge on any atom is -0.491 e. The quantitative estimate of drug-likeness (QED) is 0.231. The summed E-state index contributed by atoms with van der Waals surface area (Å²) in [7, 11) is -0.243. The zero-order valence-corrected chi connectivity index (χ0v) is 32.1. The first-order chi connectivity index (χ1) is 25.8. The van der Waals surface area contributed by atoms with Gasteiger partial charge in [-0.2, -0.15) is 0 Å². The molecule has 1 spiro atoms. The van der Waals surface area contributed by atoms with Crippen molar-refractivity contribution in [1.82, 2.24) is 14.0 Å². The van der Waals surface area contributed by atoms with E-state index in [0.717, 1.165) is 12.0 Å². The van der Waals surface area contributed by atoms with E-state index < -0.39 is 31.5 Å². The van der Waals surface area contributed by atoms with Gasteiger partial charge in [-0.15, -0.1) is 0 Å². The highest BCUT2D eigenvalue weighted by Crippen LogP contribution is 2.60. The third kappa shape index (κ3) is 6.16. The van der Waals surface area contributed by atoms with Gasteiger partial charge in [-0.1, -0.05) is 19.1 Å². The second kappa shape index (κ2) is 14.3. The number of ether oxygens (including phenoxy) is 3. The molecular formula is C40H46N4O9Si. The van der Waals surface area contributed by atoms with E-state index in [4.69, 9.17) is 14.2 Å². The molecule has 0 unspecified atom stereocenters. The van der Waals surface area contributed by atoms with Crippen LogP contribution in [0.4, 0.5) is 5.69 Å². The third-order valence-electron chi connectivity index (χ3n) is 11.3. The molecule has 13 nitrogen and oxygen atoms in total. The minimum absolute atomic E-state index is 0.0563. The first-order valence-electron chi connectivity index (χ1n) is 18.2. The summed E-state index contributed by atoms with van der Waals surface area (Å²) < 4.78 is 20.5. The summed E-state index contributed by atoms with van der Waals surface area (Å²) in [6.45, 7) is 6.01. The van der Waals surface area contributed by atoms with E-state index in [1.54, 1.807) is 83.8 Å². The van der Waals surface area contributed by atoms with E-state index in [9.17, 15) is 24.3 Å². The SMILES string of the molecule is COc1cccn(-c2cccc(CN3C(=O)[C@]4(O[C@H](CC(=O)N5CCC[C@H]5CO)[C@@H]([Si](C)(C)O)[C@@H]4C)c4cc(-n5cccc(OC)c5=O)ccc43)c2)c1=O. The molecule has 0 bridgehead atoms. The number of anilines is 1. The highest BCUT2D eigenvalue weighted by molar-refractivity contribution is 6.71. The molecular weight excluding hydrogens is 709 g/mol. The largest absolute Gasteiger partial charge is 0.491 e. The Bertz CT molecular complexity index is 2210. The van der Waals surface area contributed by atoms with Crippen LogP contribution in [0.25, 0.3) is 11.4 Å². The number of hydrogen-bond acceptors (Lipinski definition) is 9. The Hall–Kier alpha value is -5.02. The van der Waals surface area contributed by atoms with Gasteiger partial charge in [0.15, 0.2) is 25.4 Å². The number of nitrogens with zero attached hydrogens (tertiary/aromatic N) is 4. The topological polar surface area (TPSA) is 153 Å². The lowest BCUT2D eigenvalue weighted by atomic mass is 9.82. The summed E-state index contributed by atoms with van der Waals surface area (Å²) in [6, 6.07) is 19.0. The highest BCUT2D eigenvalue weighted by atomic mass is 28.4. The van der Waals surface area contributed by atoms with Crippen LogP contribution >= 0.6 is 0 Å². The van der Waals surface area contributed by atoms with Crippen LogP contribution in [0.1, 0.15) is 37.3 Å². The monoisotopic (exact) mass is 754 g/mol. The molecule has 4 aromatic rings. The molecule has 0 aliphatic carbocycles. The van der Waals surface area contributed by atoms with Gasteiger partial charge in [0.1, 0.15) is 0 Å². The number of hydrogen-bond donors (Lipinski definition) is 2. The zero-order valence-electron chi connectivity index (χ0n) is 31.1. The molecule has 0 saturated carbocycles. The first kappa shape index (κ1) is 37.3. The second-order valence-corrected chi connectivity index (χ2v) is 18.9. The Morgan fingerprint density at radius 2 is 1.57 bits per heavy atom. The second-order valence-electron chi connectivity index (χ2n) is 14.9.